The fraction of sp³-hybridized carbons (Fsp3) is 0.0769. The van der Waals surface area contributed by atoms with Crippen LogP contribution in [0, 0.1) is 11.6 Å². The molecule has 0 spiro atoms. The highest BCUT2D eigenvalue weighted by Crippen LogP contribution is 2.21. The van der Waals surface area contributed by atoms with Crippen molar-refractivity contribution >= 4 is 17.4 Å². The summed E-state index contributed by atoms with van der Waals surface area (Å²) in [5.74, 6) is -2.54. The molecular formula is C13H11F2N3O. The average molecular weight is 263 g/mol. The second kappa shape index (κ2) is 5.01. The van der Waals surface area contributed by atoms with Gasteiger partial charge in [-0.15, -0.1) is 0 Å². The first kappa shape index (κ1) is 12.9. The molecule has 6 heteroatoms. The quantitative estimate of drug-likeness (QED) is 0.903. The van der Waals surface area contributed by atoms with Gasteiger partial charge < -0.3 is 10.6 Å². The number of carbonyl (C=O) groups is 1. The summed E-state index contributed by atoms with van der Waals surface area (Å²) in [6.07, 6.45) is 1.22. The molecule has 98 valence electrons. The van der Waals surface area contributed by atoms with E-state index in [-0.39, 0.29) is 17.1 Å². The van der Waals surface area contributed by atoms with Crippen molar-refractivity contribution in [1.82, 2.24) is 4.98 Å². The van der Waals surface area contributed by atoms with Gasteiger partial charge in [0.1, 0.15) is 5.82 Å². The number of aromatic nitrogens is 1. The molecule has 0 saturated heterocycles. The maximum Gasteiger partial charge on any atom is 0.261 e. The lowest BCUT2D eigenvalue weighted by Gasteiger charge is -2.18. The van der Waals surface area contributed by atoms with Crippen molar-refractivity contribution in [2.24, 2.45) is 0 Å². The van der Waals surface area contributed by atoms with E-state index in [0.717, 1.165) is 4.90 Å². The van der Waals surface area contributed by atoms with Crippen LogP contribution >= 0.6 is 0 Å². The second-order valence-corrected chi connectivity index (χ2v) is 3.87. The number of pyridine rings is 1. The first-order valence-corrected chi connectivity index (χ1v) is 5.45. The number of hydrogen-bond donors (Lipinski definition) is 1. The number of amides is 1. The van der Waals surface area contributed by atoms with Crippen LogP contribution in [0.4, 0.5) is 20.3 Å². The highest BCUT2D eigenvalue weighted by molar-refractivity contribution is 6.06. The van der Waals surface area contributed by atoms with Crippen LogP contribution in [-0.2, 0) is 0 Å². The summed E-state index contributed by atoms with van der Waals surface area (Å²) >= 11 is 0. The Morgan fingerprint density at radius 2 is 1.95 bits per heavy atom. The number of halogens is 2. The topological polar surface area (TPSA) is 59.2 Å². The molecule has 0 aliphatic heterocycles. The number of nitrogens with zero attached hydrogens (tertiary/aromatic N) is 2. The van der Waals surface area contributed by atoms with E-state index in [2.05, 4.69) is 4.98 Å². The molecule has 0 saturated carbocycles. The van der Waals surface area contributed by atoms with Crippen LogP contribution in [-0.4, -0.2) is 17.9 Å². The largest absolute Gasteiger partial charge is 0.381 e. The molecule has 2 aromatic rings. The molecule has 19 heavy (non-hydrogen) atoms. The van der Waals surface area contributed by atoms with Crippen molar-refractivity contribution in [3.05, 3.63) is 53.7 Å². The predicted octanol–water partition coefficient (Wildman–Crippen LogP) is 2.22. The zero-order valence-corrected chi connectivity index (χ0v) is 10.1. The average Bonchev–Trinajstić information content (AvgIpc) is 2.41. The van der Waals surface area contributed by atoms with E-state index in [4.69, 9.17) is 5.73 Å². The van der Waals surface area contributed by atoms with Gasteiger partial charge in [-0.1, -0.05) is 12.1 Å². The molecule has 4 nitrogen and oxygen atoms in total. The Bertz CT molecular complexity index is 631. The third kappa shape index (κ3) is 2.37. The molecule has 0 atom stereocenters. The number of benzene rings is 1. The molecule has 2 N–H and O–H groups in total. The van der Waals surface area contributed by atoms with Crippen molar-refractivity contribution < 1.29 is 13.6 Å². The number of hydrogen-bond acceptors (Lipinski definition) is 3. The van der Waals surface area contributed by atoms with E-state index in [1.54, 1.807) is 6.07 Å². The summed E-state index contributed by atoms with van der Waals surface area (Å²) in [6, 6.07) is 6.93. The van der Waals surface area contributed by atoms with Crippen molar-refractivity contribution in [2.75, 3.05) is 17.7 Å². The van der Waals surface area contributed by atoms with Gasteiger partial charge >= 0.3 is 0 Å². The Morgan fingerprint density at radius 3 is 2.63 bits per heavy atom. The van der Waals surface area contributed by atoms with Crippen molar-refractivity contribution in [3.8, 4) is 0 Å². The highest BCUT2D eigenvalue weighted by Gasteiger charge is 2.21. The maximum atomic E-state index is 13.7. The Labute approximate surface area is 108 Å². The van der Waals surface area contributed by atoms with Crippen molar-refractivity contribution in [1.29, 1.82) is 0 Å². The van der Waals surface area contributed by atoms with Crippen LogP contribution < -0.4 is 10.6 Å². The smallest absolute Gasteiger partial charge is 0.261 e. The number of nitrogens with two attached hydrogens (primary N) is 1. The lowest BCUT2D eigenvalue weighted by molar-refractivity contribution is 0.0988. The van der Waals surface area contributed by atoms with Gasteiger partial charge in [-0.05, 0) is 18.2 Å². The maximum absolute atomic E-state index is 13.7. The zero-order valence-electron chi connectivity index (χ0n) is 10.1. The molecule has 0 aliphatic carbocycles. The van der Waals surface area contributed by atoms with Crippen LogP contribution in [0.2, 0.25) is 0 Å². The molecule has 0 unspecified atom stereocenters. The third-order valence-corrected chi connectivity index (χ3v) is 2.67. The molecule has 1 aromatic heterocycles. The van der Waals surface area contributed by atoms with Crippen LogP contribution in [0.1, 0.15) is 10.4 Å². The highest BCUT2D eigenvalue weighted by atomic mass is 19.1. The van der Waals surface area contributed by atoms with Crippen molar-refractivity contribution in [2.45, 2.75) is 0 Å². The molecule has 1 heterocycles. The summed E-state index contributed by atoms with van der Waals surface area (Å²) in [7, 11) is 1.36. The first-order valence-electron chi connectivity index (χ1n) is 5.45. The second-order valence-electron chi connectivity index (χ2n) is 3.87. The predicted molar refractivity (Wildman–Crippen MR) is 67.7 cm³/mol. The Balaban J connectivity index is 2.40. The van der Waals surface area contributed by atoms with E-state index in [1.165, 1.54) is 37.5 Å². The van der Waals surface area contributed by atoms with Crippen LogP contribution in [0.3, 0.4) is 0 Å². The fourth-order valence-corrected chi connectivity index (χ4v) is 1.64. The van der Waals surface area contributed by atoms with E-state index < -0.39 is 17.5 Å². The number of carbonyl (C=O) groups excluding carboxylic acids is 1. The van der Waals surface area contributed by atoms with Gasteiger partial charge in [0.25, 0.3) is 5.91 Å². The number of rotatable bonds is 2. The summed E-state index contributed by atoms with van der Waals surface area (Å²) in [6.45, 7) is 0. The summed E-state index contributed by atoms with van der Waals surface area (Å²) in [5, 5.41) is 0. The first-order chi connectivity index (χ1) is 9.02. The molecule has 1 aromatic carbocycles. The lowest BCUT2D eigenvalue weighted by atomic mass is 10.2. The molecule has 1 amide bonds. The Morgan fingerprint density at radius 1 is 1.26 bits per heavy atom. The minimum Gasteiger partial charge on any atom is -0.381 e. The van der Waals surface area contributed by atoms with Crippen molar-refractivity contribution in [3.63, 3.8) is 0 Å². The van der Waals surface area contributed by atoms with E-state index in [9.17, 15) is 13.6 Å². The summed E-state index contributed by atoms with van der Waals surface area (Å²) in [5.41, 5.74) is 5.10. The van der Waals surface area contributed by atoms with E-state index >= 15 is 0 Å². The number of nitrogen functional groups attached to an aromatic ring is 1. The molecule has 0 aliphatic rings. The van der Waals surface area contributed by atoms with Gasteiger partial charge in [0.15, 0.2) is 11.6 Å². The minimum atomic E-state index is -0.907. The van der Waals surface area contributed by atoms with E-state index in [0.29, 0.717) is 0 Å². The molecular weight excluding hydrogens is 252 g/mol. The normalized spacial score (nSPS) is 10.3. The minimum absolute atomic E-state index is 0.0577. The Kier molecular flexibility index (Phi) is 3.41. The SMILES string of the molecule is CN(C(=O)c1ccnc(N)c1F)c1ccccc1F. The van der Waals surface area contributed by atoms with Gasteiger partial charge in [-0.25, -0.2) is 13.8 Å². The zero-order chi connectivity index (χ0) is 14.0. The van der Waals surface area contributed by atoms with Gasteiger partial charge in [0.2, 0.25) is 0 Å². The van der Waals surface area contributed by atoms with Crippen LogP contribution in [0.15, 0.2) is 36.5 Å². The van der Waals surface area contributed by atoms with Gasteiger partial charge in [-0.2, -0.15) is 0 Å². The van der Waals surface area contributed by atoms with Gasteiger partial charge in [0, 0.05) is 13.2 Å². The standard InChI is InChI=1S/C13H11F2N3O/c1-18(10-5-3-2-4-9(10)14)13(19)8-6-7-17-12(16)11(8)15/h2-7H,1H3,(H2,16,17). The summed E-state index contributed by atoms with van der Waals surface area (Å²) in [4.78, 5) is 16.7. The summed E-state index contributed by atoms with van der Waals surface area (Å²) < 4.78 is 27.3. The van der Waals surface area contributed by atoms with Gasteiger partial charge in [-0.3, -0.25) is 4.79 Å². The fourth-order valence-electron chi connectivity index (χ4n) is 1.64. The monoisotopic (exact) mass is 263 g/mol. The van der Waals surface area contributed by atoms with E-state index in [1.807, 2.05) is 0 Å². The number of para-hydroxylation sites is 1. The molecule has 0 fully saturated rings. The van der Waals surface area contributed by atoms with Crippen LogP contribution in [0.5, 0.6) is 0 Å². The third-order valence-electron chi connectivity index (χ3n) is 2.67. The number of anilines is 2. The van der Waals surface area contributed by atoms with Crippen LogP contribution in [0.25, 0.3) is 0 Å². The molecule has 0 radical (unpaired) electrons. The van der Waals surface area contributed by atoms with Gasteiger partial charge in [0.05, 0.1) is 11.3 Å². The lowest BCUT2D eigenvalue weighted by Crippen LogP contribution is -2.28. The molecule has 2 rings (SSSR count). The Hall–Kier alpha value is -2.50. The molecule has 0 bridgehead atoms.